The Kier molecular flexibility index (Phi) is 1.66. The number of aromatic nitrogens is 2. The van der Waals surface area contributed by atoms with Crippen LogP contribution in [0.3, 0.4) is 0 Å². The molecule has 0 fully saturated rings. The first-order valence-corrected chi connectivity index (χ1v) is 3.85. The summed E-state index contributed by atoms with van der Waals surface area (Å²) in [4.78, 5) is 0. The van der Waals surface area contributed by atoms with Crippen LogP contribution in [0.5, 0.6) is 5.75 Å². The summed E-state index contributed by atoms with van der Waals surface area (Å²) in [5.41, 5.74) is 7.28. The fourth-order valence-electron chi connectivity index (χ4n) is 1.20. The average molecular weight is 175 g/mol. The highest BCUT2D eigenvalue weighted by atomic mass is 16.3. The number of nitrogens with one attached hydrogen (secondary N) is 1. The number of hydrogen-bond donors (Lipinski definition) is 3. The van der Waals surface area contributed by atoms with Crippen molar-refractivity contribution in [2.75, 3.05) is 5.73 Å². The maximum Gasteiger partial charge on any atom is 0.126 e. The molecule has 0 unspecified atom stereocenters. The molecule has 0 saturated carbocycles. The Bertz CT molecular complexity index is 422. The monoisotopic (exact) mass is 175 g/mol. The molecule has 0 aliphatic rings. The maximum absolute atomic E-state index is 9.23. The molecule has 0 aliphatic carbocycles. The van der Waals surface area contributed by atoms with E-state index in [9.17, 15) is 5.11 Å². The van der Waals surface area contributed by atoms with Crippen molar-refractivity contribution in [1.29, 1.82) is 0 Å². The second-order valence-electron chi connectivity index (χ2n) is 2.75. The Morgan fingerprint density at radius 2 is 2.23 bits per heavy atom. The van der Waals surface area contributed by atoms with Crippen LogP contribution in [-0.4, -0.2) is 15.3 Å². The fourth-order valence-corrected chi connectivity index (χ4v) is 1.20. The fraction of sp³-hybridized carbons (Fsp3) is 0. The first-order valence-electron chi connectivity index (χ1n) is 3.85. The van der Waals surface area contributed by atoms with Gasteiger partial charge in [0.2, 0.25) is 0 Å². The normalized spacial score (nSPS) is 10.2. The minimum Gasteiger partial charge on any atom is -0.508 e. The Morgan fingerprint density at radius 1 is 1.38 bits per heavy atom. The van der Waals surface area contributed by atoms with E-state index in [2.05, 4.69) is 10.2 Å². The van der Waals surface area contributed by atoms with Gasteiger partial charge in [0, 0.05) is 5.56 Å². The lowest BCUT2D eigenvalue weighted by Gasteiger charge is -1.98. The lowest BCUT2D eigenvalue weighted by Crippen LogP contribution is -1.87. The zero-order chi connectivity index (χ0) is 9.26. The quantitative estimate of drug-likeness (QED) is 0.612. The molecular weight excluding hydrogens is 166 g/mol. The molecule has 1 aromatic heterocycles. The Labute approximate surface area is 75.0 Å². The van der Waals surface area contributed by atoms with Crippen molar-refractivity contribution in [3.63, 3.8) is 0 Å². The molecule has 2 aromatic rings. The Balaban J connectivity index is 2.53. The van der Waals surface area contributed by atoms with Crippen LogP contribution >= 0.6 is 0 Å². The molecule has 2 rings (SSSR count). The van der Waals surface area contributed by atoms with E-state index in [1.165, 1.54) is 0 Å². The summed E-state index contributed by atoms with van der Waals surface area (Å²) >= 11 is 0. The summed E-state index contributed by atoms with van der Waals surface area (Å²) in [6.07, 6.45) is 1.63. The van der Waals surface area contributed by atoms with Gasteiger partial charge in [-0.3, -0.25) is 5.10 Å². The highest BCUT2D eigenvalue weighted by molar-refractivity contribution is 5.73. The van der Waals surface area contributed by atoms with E-state index < -0.39 is 0 Å². The van der Waals surface area contributed by atoms with E-state index in [1.807, 2.05) is 6.07 Å². The summed E-state index contributed by atoms with van der Waals surface area (Å²) in [5.74, 6) is 0.726. The number of hydrogen-bond acceptors (Lipinski definition) is 3. The Morgan fingerprint density at radius 3 is 2.85 bits per heavy atom. The summed E-state index contributed by atoms with van der Waals surface area (Å²) in [7, 11) is 0. The van der Waals surface area contributed by atoms with E-state index in [-0.39, 0.29) is 5.75 Å². The van der Waals surface area contributed by atoms with Crippen LogP contribution in [0, 0.1) is 0 Å². The van der Waals surface area contributed by atoms with Crippen molar-refractivity contribution in [3.05, 3.63) is 30.5 Å². The van der Waals surface area contributed by atoms with E-state index in [1.54, 1.807) is 24.4 Å². The molecule has 0 atom stereocenters. The van der Waals surface area contributed by atoms with E-state index in [0.717, 1.165) is 11.1 Å². The molecule has 0 bridgehead atoms. The molecule has 0 aliphatic heterocycles. The van der Waals surface area contributed by atoms with Crippen molar-refractivity contribution in [2.45, 2.75) is 0 Å². The van der Waals surface area contributed by atoms with Gasteiger partial charge in [-0.25, -0.2) is 0 Å². The van der Waals surface area contributed by atoms with Crippen LogP contribution in [0.1, 0.15) is 0 Å². The molecule has 13 heavy (non-hydrogen) atoms. The van der Waals surface area contributed by atoms with Crippen molar-refractivity contribution in [1.82, 2.24) is 10.2 Å². The number of nitrogens with zero attached hydrogens (tertiary/aromatic N) is 1. The Hall–Kier alpha value is -1.97. The number of phenolic OH excluding ortho intramolecular Hbond substituents is 1. The minimum absolute atomic E-state index is 0.220. The molecule has 66 valence electrons. The van der Waals surface area contributed by atoms with E-state index in [4.69, 9.17) is 5.73 Å². The maximum atomic E-state index is 9.23. The highest BCUT2D eigenvalue weighted by Gasteiger charge is 2.03. The lowest BCUT2D eigenvalue weighted by molar-refractivity contribution is 0.475. The molecular formula is C9H9N3O. The number of aromatic hydroxyl groups is 1. The van der Waals surface area contributed by atoms with Gasteiger partial charge >= 0.3 is 0 Å². The average Bonchev–Trinajstić information content (AvgIpc) is 2.51. The largest absolute Gasteiger partial charge is 0.508 e. The number of aromatic amines is 1. The number of anilines is 1. The van der Waals surface area contributed by atoms with Crippen molar-refractivity contribution >= 4 is 5.82 Å². The van der Waals surface area contributed by atoms with Crippen LogP contribution in [0.15, 0.2) is 30.5 Å². The van der Waals surface area contributed by atoms with Gasteiger partial charge in [0.05, 0.1) is 6.20 Å². The van der Waals surface area contributed by atoms with E-state index in [0.29, 0.717) is 5.82 Å². The predicted octanol–water partition coefficient (Wildman–Crippen LogP) is 1.36. The molecule has 4 N–H and O–H groups in total. The SMILES string of the molecule is Nc1[nH]ncc1-c1cccc(O)c1. The second-order valence-corrected chi connectivity index (χ2v) is 2.75. The van der Waals surface area contributed by atoms with Crippen LogP contribution in [0.2, 0.25) is 0 Å². The second kappa shape index (κ2) is 2.82. The third-order valence-electron chi connectivity index (χ3n) is 1.83. The zero-order valence-electron chi connectivity index (χ0n) is 6.86. The highest BCUT2D eigenvalue weighted by Crippen LogP contribution is 2.25. The number of H-pyrrole nitrogens is 1. The van der Waals surface area contributed by atoms with Gasteiger partial charge in [-0.15, -0.1) is 0 Å². The van der Waals surface area contributed by atoms with Crippen LogP contribution in [-0.2, 0) is 0 Å². The van der Waals surface area contributed by atoms with Crippen LogP contribution < -0.4 is 5.73 Å². The van der Waals surface area contributed by atoms with Gasteiger partial charge < -0.3 is 10.8 Å². The summed E-state index contributed by atoms with van der Waals surface area (Å²) in [6.45, 7) is 0. The summed E-state index contributed by atoms with van der Waals surface area (Å²) in [6, 6.07) is 6.87. The number of benzene rings is 1. The topological polar surface area (TPSA) is 74.9 Å². The molecule has 1 aromatic carbocycles. The molecule has 0 spiro atoms. The van der Waals surface area contributed by atoms with Crippen LogP contribution in [0.25, 0.3) is 11.1 Å². The third kappa shape index (κ3) is 1.33. The third-order valence-corrected chi connectivity index (χ3v) is 1.83. The summed E-state index contributed by atoms with van der Waals surface area (Å²) in [5, 5.41) is 15.7. The van der Waals surface area contributed by atoms with Gasteiger partial charge in [0.25, 0.3) is 0 Å². The molecule has 1 heterocycles. The van der Waals surface area contributed by atoms with Gasteiger partial charge in [-0.2, -0.15) is 5.10 Å². The molecule has 4 heteroatoms. The van der Waals surface area contributed by atoms with Crippen molar-refractivity contribution in [2.24, 2.45) is 0 Å². The predicted molar refractivity (Wildman–Crippen MR) is 50.1 cm³/mol. The van der Waals surface area contributed by atoms with Crippen LogP contribution in [0.4, 0.5) is 5.82 Å². The summed E-state index contributed by atoms with van der Waals surface area (Å²) < 4.78 is 0. The molecule has 4 nitrogen and oxygen atoms in total. The van der Waals surface area contributed by atoms with Gasteiger partial charge in [0.1, 0.15) is 11.6 Å². The number of nitrogens with two attached hydrogens (primary N) is 1. The van der Waals surface area contributed by atoms with E-state index >= 15 is 0 Å². The number of rotatable bonds is 1. The van der Waals surface area contributed by atoms with Gasteiger partial charge in [-0.1, -0.05) is 12.1 Å². The number of phenols is 1. The zero-order valence-corrected chi connectivity index (χ0v) is 6.86. The van der Waals surface area contributed by atoms with Crippen molar-refractivity contribution < 1.29 is 5.11 Å². The molecule has 0 radical (unpaired) electrons. The smallest absolute Gasteiger partial charge is 0.126 e. The molecule has 0 saturated heterocycles. The number of nitrogen functional groups attached to an aromatic ring is 1. The lowest BCUT2D eigenvalue weighted by atomic mass is 10.1. The van der Waals surface area contributed by atoms with Gasteiger partial charge in [0.15, 0.2) is 0 Å². The van der Waals surface area contributed by atoms with Crippen molar-refractivity contribution in [3.8, 4) is 16.9 Å². The first kappa shape index (κ1) is 7.67. The van der Waals surface area contributed by atoms with Gasteiger partial charge in [-0.05, 0) is 17.7 Å². The molecule has 0 amide bonds. The minimum atomic E-state index is 0.220. The standard InChI is InChI=1S/C9H9N3O/c10-9-8(5-11-12-9)6-2-1-3-7(13)4-6/h1-5,13H,(H3,10,11,12). The first-order chi connectivity index (χ1) is 6.27.